The Hall–Kier alpha value is -0.440. The fourth-order valence-corrected chi connectivity index (χ4v) is 3.32. The normalized spacial score (nSPS) is 43.4. The molecule has 2 heterocycles. The molecule has 11 heteroatoms. The number of ether oxygens (including phenoxy) is 4. The molecule has 2 fully saturated rings. The molecule has 7 N–H and O–H groups in total. The summed E-state index contributed by atoms with van der Waals surface area (Å²) in [5.74, 6) is 0. The topological polar surface area (TPSA) is 179 Å². The Morgan fingerprint density at radius 2 is 1.21 bits per heavy atom. The maximum Gasteiger partial charge on any atom is 0.186 e. The molecule has 0 aliphatic carbocycles. The van der Waals surface area contributed by atoms with Crippen LogP contribution >= 0.6 is 0 Å². The van der Waals surface area contributed by atoms with Gasteiger partial charge in [0.1, 0.15) is 48.8 Å². The summed E-state index contributed by atoms with van der Waals surface area (Å²) < 4.78 is 21.6. The molecule has 0 aromatic carbocycles. The molecule has 0 aromatic rings. The number of unbranched alkanes of at least 4 members (excludes halogenated alkanes) is 3. The third kappa shape index (κ3) is 6.28. The van der Waals surface area contributed by atoms with E-state index in [0.717, 1.165) is 25.7 Å². The van der Waals surface area contributed by atoms with Crippen LogP contribution in [0.1, 0.15) is 32.6 Å². The molecule has 2 aliphatic heterocycles. The highest BCUT2D eigenvalue weighted by molar-refractivity contribution is 4.91. The average molecular weight is 426 g/mol. The summed E-state index contributed by atoms with van der Waals surface area (Å²) in [5, 5.41) is 69.0. The highest BCUT2D eigenvalue weighted by atomic mass is 16.7. The number of hydrogen-bond donors (Lipinski definition) is 7. The van der Waals surface area contributed by atoms with Gasteiger partial charge in [0.15, 0.2) is 12.6 Å². The van der Waals surface area contributed by atoms with Crippen molar-refractivity contribution in [2.24, 2.45) is 0 Å². The van der Waals surface area contributed by atoms with Crippen molar-refractivity contribution in [2.75, 3.05) is 19.8 Å². The second kappa shape index (κ2) is 11.8. The van der Waals surface area contributed by atoms with Crippen LogP contribution in [0, 0.1) is 0 Å². The van der Waals surface area contributed by atoms with Gasteiger partial charge in [0.2, 0.25) is 0 Å². The highest BCUT2D eigenvalue weighted by Gasteiger charge is 2.47. The molecule has 172 valence electrons. The Labute approximate surface area is 169 Å². The van der Waals surface area contributed by atoms with E-state index in [9.17, 15) is 35.7 Å². The van der Waals surface area contributed by atoms with Gasteiger partial charge in [-0.2, -0.15) is 0 Å². The van der Waals surface area contributed by atoms with Crippen molar-refractivity contribution < 1.29 is 54.7 Å². The van der Waals surface area contributed by atoms with E-state index in [1.807, 2.05) is 0 Å². The van der Waals surface area contributed by atoms with Crippen LogP contribution in [0.3, 0.4) is 0 Å². The molecule has 0 radical (unpaired) electrons. The van der Waals surface area contributed by atoms with Crippen molar-refractivity contribution >= 4 is 0 Å². The summed E-state index contributed by atoms with van der Waals surface area (Å²) >= 11 is 0. The minimum absolute atomic E-state index is 0.310. The quantitative estimate of drug-likeness (QED) is 0.180. The van der Waals surface area contributed by atoms with E-state index in [4.69, 9.17) is 18.9 Å². The first-order chi connectivity index (χ1) is 13.8. The summed E-state index contributed by atoms with van der Waals surface area (Å²) in [7, 11) is 0. The fraction of sp³-hybridized carbons (Fsp3) is 1.00. The van der Waals surface area contributed by atoms with Gasteiger partial charge >= 0.3 is 0 Å². The molecule has 11 nitrogen and oxygen atoms in total. The second-order valence-electron chi connectivity index (χ2n) is 7.48. The Kier molecular flexibility index (Phi) is 10.1. The molecule has 2 saturated heterocycles. The predicted octanol–water partition coefficient (Wildman–Crippen LogP) is -2.79. The summed E-state index contributed by atoms with van der Waals surface area (Å²) in [5.41, 5.74) is 0. The molecule has 2 rings (SSSR count). The molecule has 0 amide bonds. The van der Waals surface area contributed by atoms with Gasteiger partial charge in [0.25, 0.3) is 0 Å². The van der Waals surface area contributed by atoms with Crippen molar-refractivity contribution in [2.45, 2.75) is 94.0 Å². The number of aliphatic hydroxyl groups excluding tert-OH is 7. The van der Waals surface area contributed by atoms with E-state index >= 15 is 0 Å². The maximum atomic E-state index is 10.2. The van der Waals surface area contributed by atoms with E-state index in [1.165, 1.54) is 0 Å². The zero-order valence-corrected chi connectivity index (χ0v) is 16.5. The van der Waals surface area contributed by atoms with Crippen molar-refractivity contribution in [3.63, 3.8) is 0 Å². The van der Waals surface area contributed by atoms with Crippen molar-refractivity contribution in [3.05, 3.63) is 0 Å². The lowest BCUT2D eigenvalue weighted by Gasteiger charge is -2.42. The fourth-order valence-electron chi connectivity index (χ4n) is 3.32. The first kappa shape index (κ1) is 24.8. The monoisotopic (exact) mass is 426 g/mol. The van der Waals surface area contributed by atoms with E-state index in [0.29, 0.717) is 6.61 Å². The van der Waals surface area contributed by atoms with Crippen LogP contribution < -0.4 is 0 Å². The molecular formula is C18H34O11. The molecule has 0 spiro atoms. The van der Waals surface area contributed by atoms with E-state index in [1.54, 1.807) is 0 Å². The number of aliphatic hydroxyl groups is 7. The minimum atomic E-state index is -1.60. The van der Waals surface area contributed by atoms with Crippen LogP contribution in [0.4, 0.5) is 0 Å². The van der Waals surface area contributed by atoms with Crippen LogP contribution in [0.15, 0.2) is 0 Å². The Balaban J connectivity index is 1.89. The molecule has 0 saturated carbocycles. The molecule has 0 bridgehead atoms. The van der Waals surface area contributed by atoms with E-state index in [2.05, 4.69) is 6.92 Å². The number of hydrogen-bond acceptors (Lipinski definition) is 11. The Morgan fingerprint density at radius 1 is 0.655 bits per heavy atom. The van der Waals surface area contributed by atoms with Gasteiger partial charge < -0.3 is 54.7 Å². The summed E-state index contributed by atoms with van der Waals surface area (Å²) in [6.45, 7) is 1.41. The summed E-state index contributed by atoms with van der Waals surface area (Å²) in [6, 6.07) is 0. The smallest absolute Gasteiger partial charge is 0.186 e. The lowest BCUT2D eigenvalue weighted by Crippen LogP contribution is -2.61. The summed E-state index contributed by atoms with van der Waals surface area (Å²) in [6.07, 6.45) is -10.2. The molecule has 2 aliphatic rings. The van der Waals surface area contributed by atoms with E-state index < -0.39 is 68.0 Å². The second-order valence-corrected chi connectivity index (χ2v) is 7.48. The van der Waals surface area contributed by atoms with Crippen LogP contribution in [0.5, 0.6) is 0 Å². The van der Waals surface area contributed by atoms with Gasteiger partial charge in [-0.15, -0.1) is 0 Å². The highest BCUT2D eigenvalue weighted by Crippen LogP contribution is 2.26. The van der Waals surface area contributed by atoms with Gasteiger partial charge in [-0.25, -0.2) is 0 Å². The zero-order chi connectivity index (χ0) is 21.6. The molecule has 10 atom stereocenters. The number of rotatable bonds is 10. The van der Waals surface area contributed by atoms with Gasteiger partial charge in [0, 0.05) is 6.61 Å². The average Bonchev–Trinajstić information content (AvgIpc) is 2.72. The zero-order valence-electron chi connectivity index (χ0n) is 16.5. The lowest BCUT2D eigenvalue weighted by atomic mass is 9.98. The third-order valence-corrected chi connectivity index (χ3v) is 5.22. The molecule has 29 heavy (non-hydrogen) atoms. The maximum absolute atomic E-state index is 10.2. The van der Waals surface area contributed by atoms with Crippen LogP contribution in [0.25, 0.3) is 0 Å². The molecular weight excluding hydrogens is 392 g/mol. The van der Waals surface area contributed by atoms with Gasteiger partial charge in [-0.1, -0.05) is 26.2 Å². The SMILES string of the molecule is CCCCCCO[C@@H]1O[C@H](CO[C@@H]2O[C@H](CO)[C@@H](O)[C@H](O)[C@H]2O)[C@H](O)[C@H](O)[C@H]1O. The van der Waals surface area contributed by atoms with Gasteiger partial charge in [-0.3, -0.25) is 0 Å². The van der Waals surface area contributed by atoms with Crippen LogP contribution in [-0.4, -0.2) is 117 Å². The minimum Gasteiger partial charge on any atom is -0.394 e. The van der Waals surface area contributed by atoms with Crippen LogP contribution in [0.2, 0.25) is 0 Å². The first-order valence-corrected chi connectivity index (χ1v) is 10.0. The Morgan fingerprint density at radius 3 is 1.79 bits per heavy atom. The summed E-state index contributed by atoms with van der Waals surface area (Å²) in [4.78, 5) is 0. The van der Waals surface area contributed by atoms with Gasteiger partial charge in [-0.05, 0) is 6.42 Å². The van der Waals surface area contributed by atoms with E-state index in [-0.39, 0.29) is 6.61 Å². The molecule has 0 unspecified atom stereocenters. The lowest BCUT2D eigenvalue weighted by molar-refractivity contribution is -0.331. The standard InChI is InChI=1S/C18H34O11/c1-2-3-4-5-6-26-17-15(24)14(23)12(21)10(29-17)8-27-18-16(25)13(22)11(20)9(7-19)28-18/h9-25H,2-8H2,1H3/t9-,10-,11-,12+,13+,14+,15-,16-,17-,18-/m1/s1. The third-order valence-electron chi connectivity index (χ3n) is 5.22. The van der Waals surface area contributed by atoms with Crippen molar-refractivity contribution in [3.8, 4) is 0 Å². The van der Waals surface area contributed by atoms with Crippen molar-refractivity contribution in [1.82, 2.24) is 0 Å². The predicted molar refractivity (Wildman–Crippen MR) is 96.5 cm³/mol. The largest absolute Gasteiger partial charge is 0.394 e. The first-order valence-electron chi connectivity index (χ1n) is 10.0. The molecule has 0 aromatic heterocycles. The Bertz CT molecular complexity index is 465. The van der Waals surface area contributed by atoms with Gasteiger partial charge in [0.05, 0.1) is 13.2 Å². The van der Waals surface area contributed by atoms with Crippen LogP contribution in [-0.2, 0) is 18.9 Å². The van der Waals surface area contributed by atoms with Crippen molar-refractivity contribution in [1.29, 1.82) is 0 Å².